The molecule has 4 aromatic rings. The van der Waals surface area contributed by atoms with Gasteiger partial charge in [-0.05, 0) is 67.8 Å². The number of rotatable bonds is 4. The molecule has 4 rings (SSSR count). The van der Waals surface area contributed by atoms with E-state index in [9.17, 15) is 9.59 Å². The molecule has 0 saturated carbocycles. The lowest BCUT2D eigenvalue weighted by Gasteiger charge is -2.10. The summed E-state index contributed by atoms with van der Waals surface area (Å²) >= 11 is 0. The van der Waals surface area contributed by atoms with Gasteiger partial charge in [0.15, 0.2) is 0 Å². The normalized spacial score (nSPS) is 11.2. The summed E-state index contributed by atoms with van der Waals surface area (Å²) in [4.78, 5) is 27.3. The fraction of sp³-hybridized carbons (Fsp3) is 0.0870. The first-order chi connectivity index (χ1) is 14.0. The van der Waals surface area contributed by atoms with Crippen molar-refractivity contribution in [3.05, 3.63) is 99.6 Å². The number of hydrogen-bond donors (Lipinski definition) is 2. The standard InChI is InChI=1S/C23H20N4O2/c1-15-7-8-16(2)27(15)20-11-9-17(10-12-20)23(29)26-24-14-19-13-18-5-3-4-6-21(18)25-22(19)28/h3-14H,1-2H3,(H,25,28)(H,26,29). The fourth-order valence-electron chi connectivity index (χ4n) is 3.32. The Kier molecular flexibility index (Phi) is 4.83. The highest BCUT2D eigenvalue weighted by molar-refractivity contribution is 5.95. The van der Waals surface area contributed by atoms with Crippen LogP contribution in [0.5, 0.6) is 0 Å². The molecule has 2 N–H and O–H groups in total. The van der Waals surface area contributed by atoms with Crippen molar-refractivity contribution < 1.29 is 4.79 Å². The topological polar surface area (TPSA) is 79.2 Å². The molecule has 6 nitrogen and oxygen atoms in total. The van der Waals surface area contributed by atoms with Crippen LogP contribution in [-0.4, -0.2) is 21.7 Å². The molecule has 2 heterocycles. The maximum Gasteiger partial charge on any atom is 0.271 e. The minimum atomic E-state index is -0.342. The van der Waals surface area contributed by atoms with E-state index in [0.29, 0.717) is 11.1 Å². The monoisotopic (exact) mass is 384 g/mol. The average molecular weight is 384 g/mol. The van der Waals surface area contributed by atoms with Crippen LogP contribution in [0.3, 0.4) is 0 Å². The van der Waals surface area contributed by atoms with E-state index in [1.165, 1.54) is 6.21 Å². The van der Waals surface area contributed by atoms with Crippen molar-refractivity contribution in [2.75, 3.05) is 0 Å². The molecule has 6 heteroatoms. The van der Waals surface area contributed by atoms with Crippen LogP contribution >= 0.6 is 0 Å². The lowest BCUT2D eigenvalue weighted by Crippen LogP contribution is -2.19. The van der Waals surface area contributed by atoms with Gasteiger partial charge < -0.3 is 9.55 Å². The van der Waals surface area contributed by atoms with Crippen LogP contribution in [-0.2, 0) is 0 Å². The van der Waals surface area contributed by atoms with Crippen LogP contribution in [0.2, 0.25) is 0 Å². The summed E-state index contributed by atoms with van der Waals surface area (Å²) in [5.41, 5.74) is 7.08. The van der Waals surface area contributed by atoms with Crippen molar-refractivity contribution in [1.29, 1.82) is 0 Å². The second-order valence-corrected chi connectivity index (χ2v) is 6.84. The van der Waals surface area contributed by atoms with E-state index in [2.05, 4.69) is 32.2 Å². The van der Waals surface area contributed by atoms with E-state index < -0.39 is 0 Å². The van der Waals surface area contributed by atoms with E-state index in [0.717, 1.165) is 28.0 Å². The van der Waals surface area contributed by atoms with Gasteiger partial charge in [0, 0.05) is 28.2 Å². The van der Waals surface area contributed by atoms with Gasteiger partial charge in [-0.3, -0.25) is 9.59 Å². The Morgan fingerprint density at radius 3 is 2.41 bits per heavy atom. The molecule has 29 heavy (non-hydrogen) atoms. The number of aromatic amines is 1. The molecule has 0 saturated heterocycles. The Morgan fingerprint density at radius 1 is 1.00 bits per heavy atom. The van der Waals surface area contributed by atoms with Gasteiger partial charge in [-0.25, -0.2) is 5.43 Å². The third-order valence-corrected chi connectivity index (χ3v) is 4.81. The Hall–Kier alpha value is -3.93. The number of nitrogens with one attached hydrogen (secondary N) is 2. The zero-order valence-corrected chi connectivity index (χ0v) is 16.1. The van der Waals surface area contributed by atoms with Gasteiger partial charge in [-0.15, -0.1) is 0 Å². The highest BCUT2D eigenvalue weighted by atomic mass is 16.2. The van der Waals surface area contributed by atoms with Crippen molar-refractivity contribution in [2.45, 2.75) is 13.8 Å². The van der Waals surface area contributed by atoms with Crippen LogP contribution < -0.4 is 11.0 Å². The molecule has 0 unspecified atom stereocenters. The SMILES string of the molecule is Cc1ccc(C)n1-c1ccc(C(=O)NN=Cc2cc3ccccc3[nH]c2=O)cc1. The van der Waals surface area contributed by atoms with Crippen molar-refractivity contribution in [3.8, 4) is 5.69 Å². The van der Waals surface area contributed by atoms with Gasteiger partial charge in [0.2, 0.25) is 0 Å². The highest BCUT2D eigenvalue weighted by Crippen LogP contribution is 2.17. The number of carbonyl (C=O) groups excluding carboxylic acids is 1. The molecule has 0 spiro atoms. The first kappa shape index (κ1) is 18.4. The molecule has 0 bridgehead atoms. The molecule has 0 aliphatic carbocycles. The lowest BCUT2D eigenvalue weighted by molar-refractivity contribution is 0.0955. The van der Waals surface area contributed by atoms with Crippen molar-refractivity contribution in [1.82, 2.24) is 15.0 Å². The predicted molar refractivity (Wildman–Crippen MR) is 115 cm³/mol. The Labute approximate surface area is 167 Å². The number of aromatic nitrogens is 2. The van der Waals surface area contributed by atoms with E-state index in [1.807, 2.05) is 50.2 Å². The number of carbonyl (C=O) groups is 1. The van der Waals surface area contributed by atoms with Crippen LogP contribution in [0.4, 0.5) is 0 Å². The largest absolute Gasteiger partial charge is 0.321 e. The van der Waals surface area contributed by atoms with Gasteiger partial charge in [-0.2, -0.15) is 5.10 Å². The number of benzene rings is 2. The number of amides is 1. The Morgan fingerprint density at radius 2 is 1.69 bits per heavy atom. The van der Waals surface area contributed by atoms with Crippen molar-refractivity contribution in [2.24, 2.45) is 5.10 Å². The van der Waals surface area contributed by atoms with Crippen molar-refractivity contribution in [3.63, 3.8) is 0 Å². The molecule has 0 aliphatic heterocycles. The first-order valence-corrected chi connectivity index (χ1v) is 9.24. The summed E-state index contributed by atoms with van der Waals surface area (Å²) in [6.07, 6.45) is 1.35. The molecule has 0 aliphatic rings. The summed E-state index contributed by atoms with van der Waals surface area (Å²) in [5, 5.41) is 4.83. The number of nitrogens with zero attached hydrogens (tertiary/aromatic N) is 2. The van der Waals surface area contributed by atoms with E-state index in [-0.39, 0.29) is 11.5 Å². The summed E-state index contributed by atoms with van der Waals surface area (Å²) in [7, 11) is 0. The summed E-state index contributed by atoms with van der Waals surface area (Å²) in [5.74, 6) is -0.342. The molecule has 0 radical (unpaired) electrons. The van der Waals surface area contributed by atoms with E-state index in [1.54, 1.807) is 18.2 Å². The van der Waals surface area contributed by atoms with Crippen LogP contribution in [0.1, 0.15) is 27.3 Å². The molecule has 1 amide bonds. The second-order valence-electron chi connectivity index (χ2n) is 6.84. The number of aryl methyl sites for hydroxylation is 2. The number of H-pyrrole nitrogens is 1. The van der Waals surface area contributed by atoms with Gasteiger partial charge in [0.05, 0.1) is 11.8 Å². The smallest absolute Gasteiger partial charge is 0.271 e. The third-order valence-electron chi connectivity index (χ3n) is 4.81. The second kappa shape index (κ2) is 7.59. The fourth-order valence-corrected chi connectivity index (χ4v) is 3.32. The number of hydrazone groups is 1. The Balaban J connectivity index is 1.49. The minimum absolute atomic E-state index is 0.261. The molecular weight excluding hydrogens is 364 g/mol. The maximum atomic E-state index is 12.3. The maximum absolute atomic E-state index is 12.3. The molecule has 144 valence electrons. The van der Waals surface area contributed by atoms with Gasteiger partial charge in [0.1, 0.15) is 0 Å². The quantitative estimate of drug-likeness (QED) is 0.416. The zero-order valence-electron chi connectivity index (χ0n) is 16.1. The highest BCUT2D eigenvalue weighted by Gasteiger charge is 2.07. The van der Waals surface area contributed by atoms with E-state index >= 15 is 0 Å². The van der Waals surface area contributed by atoms with Crippen LogP contribution in [0.25, 0.3) is 16.6 Å². The van der Waals surface area contributed by atoms with Crippen LogP contribution in [0, 0.1) is 13.8 Å². The molecule has 2 aromatic carbocycles. The summed E-state index contributed by atoms with van der Waals surface area (Å²) in [6.45, 7) is 4.08. The molecule has 0 fully saturated rings. The molecule has 2 aromatic heterocycles. The minimum Gasteiger partial charge on any atom is -0.321 e. The number of hydrogen-bond acceptors (Lipinski definition) is 3. The summed E-state index contributed by atoms with van der Waals surface area (Å²) < 4.78 is 2.12. The molecule has 0 atom stereocenters. The average Bonchev–Trinajstić information content (AvgIpc) is 3.06. The number of para-hydroxylation sites is 1. The number of pyridine rings is 1. The van der Waals surface area contributed by atoms with E-state index in [4.69, 9.17) is 0 Å². The van der Waals surface area contributed by atoms with Gasteiger partial charge in [-0.1, -0.05) is 18.2 Å². The predicted octanol–water partition coefficient (Wildman–Crippen LogP) is 3.70. The molecular formula is C23H20N4O2. The lowest BCUT2D eigenvalue weighted by atomic mass is 10.2. The Bertz CT molecular complexity index is 1260. The first-order valence-electron chi connectivity index (χ1n) is 9.24. The van der Waals surface area contributed by atoms with Gasteiger partial charge >= 0.3 is 0 Å². The van der Waals surface area contributed by atoms with Crippen LogP contribution in [0.15, 0.2) is 76.6 Å². The van der Waals surface area contributed by atoms with Gasteiger partial charge in [0.25, 0.3) is 11.5 Å². The third kappa shape index (κ3) is 3.73. The summed E-state index contributed by atoms with van der Waals surface area (Å²) in [6, 6.07) is 20.6. The zero-order chi connectivity index (χ0) is 20.4. The van der Waals surface area contributed by atoms with Crippen molar-refractivity contribution >= 4 is 23.0 Å². The number of fused-ring (bicyclic) bond motifs is 1.